The number of rotatable bonds is 4. The number of hydrogen-bond acceptors (Lipinski definition) is 4. The van der Waals surface area contributed by atoms with E-state index < -0.39 is 0 Å². The van der Waals surface area contributed by atoms with Crippen molar-refractivity contribution in [2.24, 2.45) is 0 Å². The largest absolute Gasteiger partial charge is 0.393 e. The fraction of sp³-hybridized carbons (Fsp3) is 0.375. The van der Waals surface area contributed by atoms with E-state index in [1.807, 2.05) is 19.4 Å². The Bertz CT molecular complexity index is 534. The van der Waals surface area contributed by atoms with Gasteiger partial charge in [0.1, 0.15) is 6.17 Å². The second-order valence-corrected chi connectivity index (χ2v) is 5.17. The van der Waals surface area contributed by atoms with E-state index in [0.29, 0.717) is 6.17 Å². The molecule has 0 unspecified atom stereocenters. The summed E-state index contributed by atoms with van der Waals surface area (Å²) in [6.45, 7) is 6.49. The van der Waals surface area contributed by atoms with E-state index in [-0.39, 0.29) is 0 Å². The van der Waals surface area contributed by atoms with E-state index in [9.17, 15) is 0 Å². The molecule has 0 radical (unpaired) electrons. The van der Waals surface area contributed by atoms with Gasteiger partial charge in [-0.15, -0.1) is 0 Å². The summed E-state index contributed by atoms with van der Waals surface area (Å²) in [7, 11) is 3.99. The van der Waals surface area contributed by atoms with Crippen LogP contribution in [0.5, 0.6) is 0 Å². The van der Waals surface area contributed by atoms with E-state index in [0.717, 1.165) is 0 Å². The molecule has 108 valence electrons. The zero-order valence-electron chi connectivity index (χ0n) is 12.9. The van der Waals surface area contributed by atoms with Crippen LogP contribution < -0.4 is 15.5 Å². The summed E-state index contributed by atoms with van der Waals surface area (Å²) in [6.07, 6.45) is 8.40. The van der Waals surface area contributed by atoms with Gasteiger partial charge in [0.15, 0.2) is 0 Å². The lowest BCUT2D eigenvalue weighted by Crippen LogP contribution is -2.33. The smallest absolute Gasteiger partial charge is 0.102 e. The summed E-state index contributed by atoms with van der Waals surface area (Å²) in [5.41, 5.74) is 4.92. The Kier molecular flexibility index (Phi) is 4.23. The minimum Gasteiger partial charge on any atom is -0.393 e. The van der Waals surface area contributed by atoms with Crippen LogP contribution in [0.15, 0.2) is 36.9 Å². The minimum atomic E-state index is 0.345. The Morgan fingerprint density at radius 2 is 1.90 bits per heavy atom. The molecule has 0 aliphatic carbocycles. The Labute approximate surface area is 121 Å². The SMILES string of the molecule is CN/C=C\Nc1c(C)ccc(N2C=CN(C)[C@@H]2C)c1C. The average Bonchev–Trinajstić information content (AvgIpc) is 2.75. The van der Waals surface area contributed by atoms with Gasteiger partial charge in [-0.05, 0) is 38.0 Å². The van der Waals surface area contributed by atoms with Crippen molar-refractivity contribution in [3.05, 3.63) is 48.1 Å². The molecule has 4 nitrogen and oxygen atoms in total. The minimum absolute atomic E-state index is 0.345. The lowest BCUT2D eigenvalue weighted by Gasteiger charge is -2.29. The van der Waals surface area contributed by atoms with Gasteiger partial charge in [0.2, 0.25) is 0 Å². The van der Waals surface area contributed by atoms with Crippen molar-refractivity contribution in [1.29, 1.82) is 0 Å². The van der Waals surface area contributed by atoms with Crippen molar-refractivity contribution < 1.29 is 0 Å². The summed E-state index contributed by atoms with van der Waals surface area (Å²) in [5, 5.41) is 6.35. The van der Waals surface area contributed by atoms with Crippen LogP contribution in [-0.4, -0.2) is 25.2 Å². The van der Waals surface area contributed by atoms with Gasteiger partial charge < -0.3 is 20.4 Å². The molecule has 0 aromatic heterocycles. The maximum atomic E-state index is 3.36. The van der Waals surface area contributed by atoms with E-state index in [1.54, 1.807) is 0 Å². The maximum absolute atomic E-state index is 3.36. The van der Waals surface area contributed by atoms with Crippen molar-refractivity contribution in [2.45, 2.75) is 26.9 Å². The first-order valence-electron chi connectivity index (χ1n) is 6.94. The zero-order chi connectivity index (χ0) is 14.7. The molecule has 0 fully saturated rings. The molecule has 0 saturated heterocycles. The Morgan fingerprint density at radius 3 is 2.50 bits per heavy atom. The number of aryl methyl sites for hydroxylation is 1. The predicted octanol–water partition coefficient (Wildman–Crippen LogP) is 2.97. The summed E-state index contributed by atoms with van der Waals surface area (Å²) < 4.78 is 0. The number of nitrogens with one attached hydrogen (secondary N) is 2. The third kappa shape index (κ3) is 2.59. The number of nitrogens with zero attached hydrogens (tertiary/aromatic N) is 2. The second-order valence-electron chi connectivity index (χ2n) is 5.17. The van der Waals surface area contributed by atoms with Crippen LogP contribution in [0.25, 0.3) is 0 Å². The fourth-order valence-corrected chi connectivity index (χ4v) is 2.45. The molecular formula is C16H24N4. The molecule has 1 atom stereocenters. The first kappa shape index (κ1) is 14.3. The Balaban J connectivity index is 2.34. The van der Waals surface area contributed by atoms with Crippen molar-refractivity contribution >= 4 is 11.4 Å². The molecule has 0 amide bonds. The van der Waals surface area contributed by atoms with Crippen molar-refractivity contribution in [3.63, 3.8) is 0 Å². The predicted molar refractivity (Wildman–Crippen MR) is 86.6 cm³/mol. The molecule has 1 aromatic carbocycles. The highest BCUT2D eigenvalue weighted by atomic mass is 15.4. The highest BCUT2D eigenvalue weighted by molar-refractivity contribution is 5.71. The van der Waals surface area contributed by atoms with Crippen LogP contribution in [0.4, 0.5) is 11.4 Å². The standard InChI is InChI=1S/C16H24N4/c1-12-6-7-15(20-11-10-19(5)14(20)3)13(2)16(12)18-9-8-17-4/h6-11,14,17-18H,1-5H3/b9-8-/t14-/m0/s1. The van der Waals surface area contributed by atoms with Crippen LogP contribution in [0.1, 0.15) is 18.1 Å². The van der Waals surface area contributed by atoms with Gasteiger partial charge in [-0.3, -0.25) is 0 Å². The molecule has 4 heteroatoms. The Morgan fingerprint density at radius 1 is 1.15 bits per heavy atom. The first-order valence-corrected chi connectivity index (χ1v) is 6.94. The van der Waals surface area contributed by atoms with Gasteiger partial charge in [-0.2, -0.15) is 0 Å². The number of hydrogen-bond donors (Lipinski definition) is 2. The third-order valence-electron chi connectivity index (χ3n) is 3.85. The number of anilines is 2. The van der Waals surface area contributed by atoms with E-state index in [2.05, 4.69) is 72.8 Å². The van der Waals surface area contributed by atoms with Crippen LogP contribution in [0.2, 0.25) is 0 Å². The molecule has 2 N–H and O–H groups in total. The molecule has 2 rings (SSSR count). The molecule has 0 bridgehead atoms. The zero-order valence-corrected chi connectivity index (χ0v) is 12.9. The molecule has 0 saturated carbocycles. The van der Waals surface area contributed by atoms with E-state index >= 15 is 0 Å². The molecule has 1 aliphatic heterocycles. The summed E-state index contributed by atoms with van der Waals surface area (Å²) in [6, 6.07) is 4.36. The Hall–Kier alpha value is -2.10. The summed E-state index contributed by atoms with van der Waals surface area (Å²) >= 11 is 0. The van der Waals surface area contributed by atoms with Crippen LogP contribution in [0, 0.1) is 13.8 Å². The van der Waals surface area contributed by atoms with E-state index in [4.69, 9.17) is 0 Å². The van der Waals surface area contributed by atoms with Gasteiger partial charge >= 0.3 is 0 Å². The lowest BCUT2D eigenvalue weighted by molar-refractivity contribution is 0.383. The van der Waals surface area contributed by atoms with Gasteiger partial charge in [-0.25, -0.2) is 0 Å². The van der Waals surface area contributed by atoms with Crippen molar-refractivity contribution in [2.75, 3.05) is 24.3 Å². The number of benzene rings is 1. The second kappa shape index (κ2) is 5.90. The third-order valence-corrected chi connectivity index (χ3v) is 3.85. The average molecular weight is 272 g/mol. The topological polar surface area (TPSA) is 30.5 Å². The fourth-order valence-electron chi connectivity index (χ4n) is 2.45. The lowest BCUT2D eigenvalue weighted by atomic mass is 10.1. The highest BCUT2D eigenvalue weighted by Gasteiger charge is 2.22. The quantitative estimate of drug-likeness (QED) is 0.882. The first-order chi connectivity index (χ1) is 9.56. The molecular weight excluding hydrogens is 248 g/mol. The van der Waals surface area contributed by atoms with Gasteiger partial charge in [-0.1, -0.05) is 6.07 Å². The van der Waals surface area contributed by atoms with Crippen molar-refractivity contribution in [3.8, 4) is 0 Å². The molecule has 20 heavy (non-hydrogen) atoms. The van der Waals surface area contributed by atoms with E-state index in [1.165, 1.54) is 22.5 Å². The molecule has 1 aromatic rings. The molecule has 1 aliphatic rings. The van der Waals surface area contributed by atoms with Crippen LogP contribution in [-0.2, 0) is 0 Å². The van der Waals surface area contributed by atoms with Crippen LogP contribution in [0.3, 0.4) is 0 Å². The maximum Gasteiger partial charge on any atom is 0.102 e. The van der Waals surface area contributed by atoms with Gasteiger partial charge in [0.25, 0.3) is 0 Å². The van der Waals surface area contributed by atoms with Gasteiger partial charge in [0, 0.05) is 50.3 Å². The highest BCUT2D eigenvalue weighted by Crippen LogP contribution is 2.33. The molecule has 0 spiro atoms. The van der Waals surface area contributed by atoms with Crippen LogP contribution >= 0.6 is 0 Å². The molecule has 1 heterocycles. The summed E-state index contributed by atoms with van der Waals surface area (Å²) in [5.74, 6) is 0. The normalized spacial score (nSPS) is 18.1. The monoisotopic (exact) mass is 272 g/mol. The summed E-state index contributed by atoms with van der Waals surface area (Å²) in [4.78, 5) is 4.50. The van der Waals surface area contributed by atoms with Gasteiger partial charge in [0.05, 0.1) is 0 Å². The van der Waals surface area contributed by atoms with Crippen molar-refractivity contribution in [1.82, 2.24) is 10.2 Å².